The van der Waals surface area contributed by atoms with E-state index in [4.69, 9.17) is 10.8 Å². The first-order valence-electron chi connectivity index (χ1n) is 6.18. The SMILES string of the molecule is CCN(C(=O)NC(C)(C)CC(N)=O)C(C)CC(=O)O. The molecule has 0 radical (unpaired) electrons. The molecule has 0 heterocycles. The fourth-order valence-corrected chi connectivity index (χ4v) is 1.86. The van der Waals surface area contributed by atoms with Crippen LogP contribution in [0, 0.1) is 0 Å². The summed E-state index contributed by atoms with van der Waals surface area (Å²) in [5.41, 5.74) is 4.34. The Hall–Kier alpha value is -1.79. The molecule has 0 aliphatic heterocycles. The van der Waals surface area contributed by atoms with Gasteiger partial charge < -0.3 is 21.1 Å². The molecule has 4 N–H and O–H groups in total. The van der Waals surface area contributed by atoms with Gasteiger partial charge in [-0.3, -0.25) is 9.59 Å². The summed E-state index contributed by atoms with van der Waals surface area (Å²) in [6.45, 7) is 7.18. The lowest BCUT2D eigenvalue weighted by Crippen LogP contribution is -2.53. The van der Waals surface area contributed by atoms with E-state index in [1.807, 2.05) is 0 Å². The molecule has 7 nitrogen and oxygen atoms in total. The van der Waals surface area contributed by atoms with Crippen LogP contribution >= 0.6 is 0 Å². The van der Waals surface area contributed by atoms with E-state index >= 15 is 0 Å². The lowest BCUT2D eigenvalue weighted by molar-refractivity contribution is -0.138. The fourth-order valence-electron chi connectivity index (χ4n) is 1.86. The van der Waals surface area contributed by atoms with Gasteiger partial charge in [-0.2, -0.15) is 0 Å². The average Bonchev–Trinajstić information content (AvgIpc) is 2.13. The fraction of sp³-hybridized carbons (Fsp3) is 0.750. The van der Waals surface area contributed by atoms with Gasteiger partial charge in [0.2, 0.25) is 5.91 Å². The van der Waals surface area contributed by atoms with Crippen molar-refractivity contribution in [3.63, 3.8) is 0 Å². The largest absolute Gasteiger partial charge is 0.481 e. The summed E-state index contributed by atoms with van der Waals surface area (Å²) in [6, 6.07) is -0.825. The van der Waals surface area contributed by atoms with E-state index in [1.165, 1.54) is 4.90 Å². The van der Waals surface area contributed by atoms with E-state index in [1.54, 1.807) is 27.7 Å². The van der Waals surface area contributed by atoms with Crippen molar-refractivity contribution in [2.24, 2.45) is 5.73 Å². The van der Waals surface area contributed by atoms with E-state index in [0.717, 1.165) is 0 Å². The van der Waals surface area contributed by atoms with Gasteiger partial charge >= 0.3 is 12.0 Å². The summed E-state index contributed by atoms with van der Waals surface area (Å²) in [4.78, 5) is 35.0. The number of hydrogen-bond donors (Lipinski definition) is 3. The second-order valence-corrected chi connectivity index (χ2v) is 5.19. The van der Waals surface area contributed by atoms with Gasteiger partial charge in [0.25, 0.3) is 0 Å². The third kappa shape index (κ3) is 6.64. The third-order valence-electron chi connectivity index (χ3n) is 2.67. The van der Waals surface area contributed by atoms with Gasteiger partial charge in [-0.25, -0.2) is 4.79 Å². The quantitative estimate of drug-likeness (QED) is 0.628. The Bertz CT molecular complexity index is 355. The number of rotatable bonds is 7. The molecule has 19 heavy (non-hydrogen) atoms. The van der Waals surface area contributed by atoms with E-state index in [0.29, 0.717) is 6.54 Å². The number of nitrogens with two attached hydrogens (primary N) is 1. The highest BCUT2D eigenvalue weighted by Crippen LogP contribution is 2.11. The Morgan fingerprint density at radius 2 is 1.89 bits per heavy atom. The maximum Gasteiger partial charge on any atom is 0.318 e. The Labute approximate surface area is 113 Å². The van der Waals surface area contributed by atoms with Gasteiger partial charge in [0.15, 0.2) is 0 Å². The van der Waals surface area contributed by atoms with Gasteiger partial charge in [0.1, 0.15) is 0 Å². The molecule has 0 aromatic rings. The van der Waals surface area contributed by atoms with Crippen LogP contribution in [0.1, 0.15) is 40.5 Å². The molecular weight excluding hydrogens is 250 g/mol. The highest BCUT2D eigenvalue weighted by atomic mass is 16.4. The molecule has 110 valence electrons. The summed E-state index contributed by atoms with van der Waals surface area (Å²) in [5, 5.41) is 11.4. The Balaban J connectivity index is 4.67. The molecule has 1 unspecified atom stereocenters. The number of urea groups is 1. The zero-order valence-corrected chi connectivity index (χ0v) is 11.9. The molecular formula is C12H23N3O4. The van der Waals surface area contributed by atoms with Crippen LogP contribution in [0.3, 0.4) is 0 Å². The monoisotopic (exact) mass is 273 g/mol. The summed E-state index contributed by atoms with van der Waals surface area (Å²) in [6.07, 6.45) is -0.110. The first-order valence-corrected chi connectivity index (χ1v) is 6.18. The highest BCUT2D eigenvalue weighted by molar-refractivity contribution is 5.79. The number of nitrogens with one attached hydrogen (secondary N) is 1. The molecule has 0 saturated heterocycles. The van der Waals surface area contributed by atoms with Crippen molar-refractivity contribution in [3.8, 4) is 0 Å². The molecule has 1 atom stereocenters. The average molecular weight is 273 g/mol. The molecule has 0 rings (SSSR count). The molecule has 3 amide bonds. The highest BCUT2D eigenvalue weighted by Gasteiger charge is 2.27. The van der Waals surface area contributed by atoms with Crippen molar-refractivity contribution >= 4 is 17.9 Å². The molecule has 0 aromatic heterocycles. The number of amides is 3. The smallest absolute Gasteiger partial charge is 0.318 e. The number of carboxylic acid groups (broad SMARTS) is 1. The van der Waals surface area contributed by atoms with Crippen molar-refractivity contribution < 1.29 is 19.5 Å². The van der Waals surface area contributed by atoms with Crippen molar-refractivity contribution in [1.29, 1.82) is 0 Å². The van der Waals surface area contributed by atoms with Gasteiger partial charge in [-0.1, -0.05) is 0 Å². The van der Waals surface area contributed by atoms with Gasteiger partial charge in [-0.15, -0.1) is 0 Å². The maximum atomic E-state index is 12.1. The van der Waals surface area contributed by atoms with Crippen molar-refractivity contribution in [2.75, 3.05) is 6.54 Å². The Morgan fingerprint density at radius 1 is 1.37 bits per heavy atom. The van der Waals surface area contributed by atoms with E-state index in [-0.39, 0.29) is 12.8 Å². The molecule has 0 spiro atoms. The van der Waals surface area contributed by atoms with E-state index < -0.39 is 29.5 Å². The number of primary amides is 1. The number of carboxylic acids is 1. The lowest BCUT2D eigenvalue weighted by Gasteiger charge is -2.32. The van der Waals surface area contributed by atoms with Crippen LogP contribution in [-0.4, -0.2) is 46.0 Å². The third-order valence-corrected chi connectivity index (χ3v) is 2.67. The van der Waals surface area contributed by atoms with Crippen LogP contribution in [-0.2, 0) is 9.59 Å². The molecule has 0 aliphatic rings. The first kappa shape index (κ1) is 17.2. The Kier molecular flexibility index (Phi) is 6.31. The zero-order valence-electron chi connectivity index (χ0n) is 11.9. The van der Waals surface area contributed by atoms with Crippen LogP contribution < -0.4 is 11.1 Å². The lowest BCUT2D eigenvalue weighted by atomic mass is 10.0. The summed E-state index contributed by atoms with van der Waals surface area (Å²) in [5.74, 6) is -1.47. The van der Waals surface area contributed by atoms with Crippen LogP contribution in [0.2, 0.25) is 0 Å². The van der Waals surface area contributed by atoms with Gasteiger partial charge in [-0.05, 0) is 27.7 Å². The predicted octanol–water partition coefficient (Wildman–Crippen LogP) is 0.535. The van der Waals surface area contributed by atoms with Crippen LogP contribution in [0.4, 0.5) is 4.79 Å². The topological polar surface area (TPSA) is 113 Å². The van der Waals surface area contributed by atoms with Crippen LogP contribution in [0.5, 0.6) is 0 Å². The summed E-state index contributed by atoms with van der Waals surface area (Å²) >= 11 is 0. The van der Waals surface area contributed by atoms with Crippen molar-refractivity contribution in [3.05, 3.63) is 0 Å². The minimum Gasteiger partial charge on any atom is -0.481 e. The van der Waals surface area contributed by atoms with Crippen molar-refractivity contribution in [2.45, 2.75) is 52.1 Å². The van der Waals surface area contributed by atoms with E-state index in [9.17, 15) is 14.4 Å². The van der Waals surface area contributed by atoms with E-state index in [2.05, 4.69) is 5.32 Å². The molecule has 0 fully saturated rings. The predicted molar refractivity (Wildman–Crippen MR) is 70.5 cm³/mol. The molecule has 0 bridgehead atoms. The maximum absolute atomic E-state index is 12.1. The number of hydrogen-bond acceptors (Lipinski definition) is 3. The Morgan fingerprint density at radius 3 is 2.26 bits per heavy atom. The number of carbonyl (C=O) groups is 3. The molecule has 0 saturated carbocycles. The first-order chi connectivity index (χ1) is 8.59. The van der Waals surface area contributed by atoms with Crippen LogP contribution in [0.25, 0.3) is 0 Å². The minimum absolute atomic E-state index is 0.0175. The molecule has 7 heteroatoms. The second kappa shape index (κ2) is 6.96. The van der Waals surface area contributed by atoms with Crippen molar-refractivity contribution in [1.82, 2.24) is 10.2 Å². The van der Waals surface area contributed by atoms with Gasteiger partial charge in [0.05, 0.1) is 6.42 Å². The summed E-state index contributed by atoms with van der Waals surface area (Å²) in [7, 11) is 0. The molecule has 0 aliphatic carbocycles. The number of aliphatic carboxylic acids is 1. The number of nitrogens with zero attached hydrogens (tertiary/aromatic N) is 1. The normalized spacial score (nSPS) is 12.6. The van der Waals surface area contributed by atoms with Gasteiger partial charge in [0, 0.05) is 24.5 Å². The second-order valence-electron chi connectivity index (χ2n) is 5.19. The molecule has 0 aromatic carbocycles. The van der Waals surface area contributed by atoms with Crippen LogP contribution in [0.15, 0.2) is 0 Å². The minimum atomic E-state index is -0.963. The zero-order chi connectivity index (χ0) is 15.2. The standard InChI is InChI=1S/C12H23N3O4/c1-5-15(8(2)6-10(17)18)11(19)14-12(3,4)7-9(13)16/h8H,5-7H2,1-4H3,(H2,13,16)(H,14,19)(H,17,18). The summed E-state index contributed by atoms with van der Waals surface area (Å²) < 4.78 is 0. The number of carbonyl (C=O) groups excluding carboxylic acids is 2.